The zero-order valence-corrected chi connectivity index (χ0v) is 24.8. The molecule has 0 amide bonds. The minimum atomic E-state index is -6.81. The van der Waals surface area contributed by atoms with E-state index in [9.17, 15) is 36.3 Å². The molecular formula is C32H26F7O5P. The number of carbonyl (C=O) groups excluding carboxylic acids is 3. The van der Waals surface area contributed by atoms with E-state index in [4.69, 9.17) is 4.74 Å². The first-order chi connectivity index (χ1) is 21.1. The van der Waals surface area contributed by atoms with Crippen LogP contribution in [0.25, 0.3) is 0 Å². The lowest BCUT2D eigenvalue weighted by atomic mass is 9.92. The standard InChI is InChI=1S/C32H26F7O5P/c1-21(40)19-26(30(33,34)31(35,36)32(37,38)39)25(28(41)43-2)20-27(29(42)44-3)45(22-13-7-4-8-14-22,23-15-9-5-10-16-23)24-17-11-6-12-18-24/h4-20H,1-3H3/b25-20-,26-19-. The molecule has 0 saturated carbocycles. The number of benzene rings is 3. The van der Waals surface area contributed by atoms with Gasteiger partial charge in [0.1, 0.15) is 0 Å². The van der Waals surface area contributed by atoms with Gasteiger partial charge in [-0.2, -0.15) is 30.7 Å². The highest BCUT2D eigenvalue weighted by atomic mass is 31.2. The quantitative estimate of drug-likeness (QED) is 0.0913. The monoisotopic (exact) mass is 654 g/mol. The second-order valence-electron chi connectivity index (χ2n) is 9.42. The summed E-state index contributed by atoms with van der Waals surface area (Å²) in [5.74, 6) is -17.4. The first-order valence-electron chi connectivity index (χ1n) is 12.9. The van der Waals surface area contributed by atoms with Gasteiger partial charge in [-0.3, -0.25) is 4.79 Å². The Morgan fingerprint density at radius 2 is 1.00 bits per heavy atom. The Hall–Kier alpha value is -4.44. The molecule has 0 radical (unpaired) electrons. The molecule has 45 heavy (non-hydrogen) atoms. The number of alkyl halides is 7. The summed E-state index contributed by atoms with van der Waals surface area (Å²) in [4.78, 5) is 38.9. The van der Waals surface area contributed by atoms with Crippen molar-refractivity contribution in [2.45, 2.75) is 24.9 Å². The molecule has 0 unspecified atom stereocenters. The molecule has 0 aliphatic rings. The molecule has 0 aliphatic heterocycles. The van der Waals surface area contributed by atoms with Crippen LogP contribution in [-0.4, -0.2) is 55.3 Å². The van der Waals surface area contributed by atoms with E-state index in [1.807, 2.05) is 0 Å². The molecule has 3 rings (SSSR count). The normalized spacial score (nSPS) is 13.2. The van der Waals surface area contributed by atoms with Gasteiger partial charge in [-0.25, -0.2) is 9.59 Å². The molecule has 0 bridgehead atoms. The zero-order valence-electron chi connectivity index (χ0n) is 23.9. The van der Waals surface area contributed by atoms with Gasteiger partial charge >= 0.3 is 30.0 Å². The van der Waals surface area contributed by atoms with Gasteiger partial charge in [-0.1, -0.05) is 91.0 Å². The Labute approximate surface area is 253 Å². The molecule has 13 heteroatoms. The third-order valence-electron chi connectivity index (χ3n) is 6.60. The SMILES string of the molecule is COC(=O)C(/C=C(C(=O)OC)/C(=C/C(C)=O)C(F)(F)C(F)(F)C(F)(F)F)=P(c1ccccc1)(c1ccccc1)c1ccccc1. The summed E-state index contributed by atoms with van der Waals surface area (Å²) < 4.78 is 109. The van der Waals surface area contributed by atoms with Gasteiger partial charge in [0.15, 0.2) is 5.78 Å². The molecule has 0 aromatic heterocycles. The number of carbonyl (C=O) groups is 3. The number of esters is 2. The van der Waals surface area contributed by atoms with E-state index < -0.39 is 59.1 Å². The lowest BCUT2D eigenvalue weighted by Gasteiger charge is -2.32. The third-order valence-corrected chi connectivity index (χ3v) is 10.9. The van der Waals surface area contributed by atoms with Crippen LogP contribution >= 0.6 is 6.89 Å². The first-order valence-corrected chi connectivity index (χ1v) is 14.7. The third kappa shape index (κ3) is 6.66. The van der Waals surface area contributed by atoms with Crippen LogP contribution in [0.1, 0.15) is 6.92 Å². The van der Waals surface area contributed by atoms with E-state index in [1.165, 1.54) is 0 Å². The molecule has 238 valence electrons. The smallest absolute Gasteiger partial charge is 0.460 e. The van der Waals surface area contributed by atoms with E-state index in [0.717, 1.165) is 7.11 Å². The Morgan fingerprint density at radius 1 is 0.622 bits per heavy atom. The second-order valence-corrected chi connectivity index (χ2v) is 12.8. The van der Waals surface area contributed by atoms with Crippen LogP contribution in [-0.2, 0) is 23.9 Å². The van der Waals surface area contributed by atoms with Crippen molar-refractivity contribution in [3.05, 3.63) is 114 Å². The van der Waals surface area contributed by atoms with Crippen molar-refractivity contribution >= 4 is 45.8 Å². The van der Waals surface area contributed by atoms with Crippen molar-refractivity contribution in [2.24, 2.45) is 0 Å². The van der Waals surface area contributed by atoms with Crippen LogP contribution < -0.4 is 15.9 Å². The number of halogens is 7. The molecule has 0 spiro atoms. The lowest BCUT2D eigenvalue weighted by molar-refractivity contribution is -0.344. The maximum Gasteiger partial charge on any atom is 0.460 e. The average Bonchev–Trinajstić information content (AvgIpc) is 3.02. The number of methoxy groups -OCH3 is 2. The number of ether oxygens (including phenoxy) is 2. The highest BCUT2D eigenvalue weighted by molar-refractivity contribution is 7.96. The molecule has 0 N–H and O–H groups in total. The second kappa shape index (κ2) is 13.7. The van der Waals surface area contributed by atoms with E-state index in [-0.39, 0.29) is 6.08 Å². The van der Waals surface area contributed by atoms with Crippen LogP contribution in [0, 0.1) is 0 Å². The first kappa shape index (κ1) is 35.0. The summed E-state index contributed by atoms with van der Waals surface area (Å²) in [5, 5.41) is 0.641. The number of ketones is 1. The molecule has 3 aromatic carbocycles. The average molecular weight is 655 g/mol. The highest BCUT2D eigenvalue weighted by Gasteiger charge is 2.74. The lowest BCUT2D eigenvalue weighted by Crippen LogP contribution is -2.53. The molecule has 3 aromatic rings. The molecule has 0 aliphatic carbocycles. The van der Waals surface area contributed by atoms with Crippen LogP contribution in [0.3, 0.4) is 0 Å². The van der Waals surface area contributed by atoms with Crippen LogP contribution in [0.2, 0.25) is 0 Å². The Morgan fingerprint density at radius 3 is 1.31 bits per heavy atom. The van der Waals surface area contributed by atoms with Crippen molar-refractivity contribution in [1.29, 1.82) is 0 Å². The van der Waals surface area contributed by atoms with Gasteiger partial charge in [0.25, 0.3) is 0 Å². The maximum absolute atomic E-state index is 15.4. The van der Waals surface area contributed by atoms with Crippen molar-refractivity contribution < 1.29 is 54.6 Å². The van der Waals surface area contributed by atoms with Crippen molar-refractivity contribution in [3.8, 4) is 0 Å². The van der Waals surface area contributed by atoms with E-state index in [2.05, 4.69) is 4.74 Å². The number of hydrogen-bond donors (Lipinski definition) is 0. The van der Waals surface area contributed by atoms with Crippen LogP contribution in [0.5, 0.6) is 0 Å². The topological polar surface area (TPSA) is 69.7 Å². The summed E-state index contributed by atoms with van der Waals surface area (Å²) in [6, 6.07) is 24.2. The fourth-order valence-electron chi connectivity index (χ4n) is 4.60. The summed E-state index contributed by atoms with van der Waals surface area (Å²) in [7, 11) is 1.59. The van der Waals surface area contributed by atoms with Gasteiger partial charge in [0, 0.05) is 5.57 Å². The fraction of sp³-hybridized carbons (Fsp3) is 0.188. The molecule has 0 fully saturated rings. The molecule has 5 nitrogen and oxygen atoms in total. The number of hydrogen-bond acceptors (Lipinski definition) is 5. The number of rotatable bonds is 10. The number of allylic oxidation sites excluding steroid dienone is 1. The van der Waals surface area contributed by atoms with Crippen molar-refractivity contribution in [3.63, 3.8) is 0 Å². The Bertz CT molecular complexity index is 1560. The van der Waals surface area contributed by atoms with E-state index in [1.54, 1.807) is 91.0 Å². The van der Waals surface area contributed by atoms with E-state index in [0.29, 0.717) is 36.0 Å². The van der Waals surface area contributed by atoms with E-state index >= 15 is 8.78 Å². The highest BCUT2D eigenvalue weighted by Crippen LogP contribution is 2.52. The predicted molar refractivity (Wildman–Crippen MR) is 157 cm³/mol. The Kier molecular flexibility index (Phi) is 10.7. The summed E-state index contributed by atoms with van der Waals surface area (Å²) in [5.41, 5.74) is -3.90. The molecule has 0 atom stereocenters. The summed E-state index contributed by atoms with van der Waals surface area (Å²) >= 11 is 0. The van der Waals surface area contributed by atoms with Crippen molar-refractivity contribution in [2.75, 3.05) is 14.2 Å². The maximum atomic E-state index is 15.4. The van der Waals surface area contributed by atoms with Gasteiger partial charge in [-0.05, 0) is 41.9 Å². The van der Waals surface area contributed by atoms with Gasteiger partial charge in [-0.15, -0.1) is 0 Å². The van der Waals surface area contributed by atoms with Crippen LogP contribution in [0.15, 0.2) is 114 Å². The fourth-order valence-corrected chi connectivity index (χ4v) is 8.87. The summed E-state index contributed by atoms with van der Waals surface area (Å²) in [6.07, 6.45) is -6.57. The van der Waals surface area contributed by atoms with Gasteiger partial charge in [0.05, 0.1) is 25.1 Å². The minimum absolute atomic E-state index is 0.217. The molecular weight excluding hydrogens is 628 g/mol. The van der Waals surface area contributed by atoms with Gasteiger partial charge in [0.2, 0.25) is 0 Å². The minimum Gasteiger partial charge on any atom is -0.465 e. The van der Waals surface area contributed by atoms with Gasteiger partial charge < -0.3 is 9.47 Å². The zero-order chi connectivity index (χ0) is 33.6. The largest absolute Gasteiger partial charge is 0.465 e. The summed E-state index contributed by atoms with van der Waals surface area (Å²) in [6.45, 7) is -3.04. The van der Waals surface area contributed by atoms with Crippen LogP contribution in [0.4, 0.5) is 30.7 Å². The predicted octanol–water partition coefficient (Wildman–Crippen LogP) is 5.77. The Balaban J connectivity index is 2.76. The van der Waals surface area contributed by atoms with Crippen molar-refractivity contribution in [1.82, 2.24) is 0 Å². The molecule has 0 saturated heterocycles. The molecule has 0 heterocycles.